The lowest BCUT2D eigenvalue weighted by atomic mass is 9.83. The molecule has 2 aromatic carbocycles. The van der Waals surface area contributed by atoms with Gasteiger partial charge in [0.05, 0.1) is 5.92 Å². The van der Waals surface area contributed by atoms with Crippen LogP contribution >= 0.6 is 0 Å². The smallest absolute Gasteiger partial charge is 0.306 e. The number of aryl methyl sites for hydroxylation is 1. The third kappa shape index (κ3) is 10.0. The zero-order chi connectivity index (χ0) is 30.7. The van der Waals surface area contributed by atoms with E-state index in [9.17, 15) is 24.3 Å². The van der Waals surface area contributed by atoms with Crippen molar-refractivity contribution >= 4 is 23.7 Å². The lowest BCUT2D eigenvalue weighted by Gasteiger charge is -2.31. The van der Waals surface area contributed by atoms with Crippen molar-refractivity contribution in [1.82, 2.24) is 15.5 Å². The molecule has 0 fully saturated rings. The molecule has 3 N–H and O–H groups in total. The molecule has 2 rings (SSSR count). The Morgan fingerprint density at radius 2 is 1.41 bits per heavy atom. The SMILES string of the molecule is CCCC[C@@H](C[C@H](CCc1ccc(-c2ccc(C(=O)N(C)C)cc2)cc1)C(=O)N[C@H](C(=O)NC)C(C)(C)C)C(=O)O. The van der Waals surface area contributed by atoms with E-state index in [0.29, 0.717) is 24.8 Å². The second kappa shape index (κ2) is 15.4. The minimum absolute atomic E-state index is 0.0468. The fraction of sp³-hybridized carbons (Fsp3) is 0.515. The highest BCUT2D eigenvalue weighted by Crippen LogP contribution is 2.27. The zero-order valence-electron chi connectivity index (χ0n) is 25.6. The first-order valence-electron chi connectivity index (χ1n) is 14.4. The molecule has 0 saturated carbocycles. The number of aliphatic carboxylic acids is 1. The van der Waals surface area contributed by atoms with Crippen molar-refractivity contribution in [3.8, 4) is 11.1 Å². The molecule has 41 heavy (non-hydrogen) atoms. The predicted octanol–water partition coefficient (Wildman–Crippen LogP) is 5.16. The molecule has 0 spiro atoms. The Labute approximate surface area is 244 Å². The van der Waals surface area contributed by atoms with Gasteiger partial charge in [0.1, 0.15) is 6.04 Å². The molecule has 8 heteroatoms. The summed E-state index contributed by atoms with van der Waals surface area (Å²) in [6.07, 6.45) is 3.45. The van der Waals surface area contributed by atoms with E-state index >= 15 is 0 Å². The van der Waals surface area contributed by atoms with Crippen LogP contribution in [0.5, 0.6) is 0 Å². The summed E-state index contributed by atoms with van der Waals surface area (Å²) >= 11 is 0. The van der Waals surface area contributed by atoms with Crippen molar-refractivity contribution in [3.05, 3.63) is 59.7 Å². The van der Waals surface area contributed by atoms with E-state index < -0.39 is 29.3 Å². The predicted molar refractivity (Wildman–Crippen MR) is 162 cm³/mol. The van der Waals surface area contributed by atoms with Crippen LogP contribution in [0.1, 0.15) is 75.7 Å². The van der Waals surface area contributed by atoms with Crippen molar-refractivity contribution in [2.45, 2.75) is 72.3 Å². The van der Waals surface area contributed by atoms with Gasteiger partial charge in [-0.15, -0.1) is 0 Å². The van der Waals surface area contributed by atoms with Crippen LogP contribution in [-0.4, -0.2) is 60.9 Å². The summed E-state index contributed by atoms with van der Waals surface area (Å²) in [7, 11) is 4.99. The molecule has 0 aliphatic rings. The molecule has 0 aromatic heterocycles. The highest BCUT2D eigenvalue weighted by atomic mass is 16.4. The number of amides is 3. The molecule has 0 radical (unpaired) electrons. The van der Waals surface area contributed by atoms with Crippen LogP contribution in [0.4, 0.5) is 0 Å². The summed E-state index contributed by atoms with van der Waals surface area (Å²) in [5.41, 5.74) is 3.15. The van der Waals surface area contributed by atoms with Gasteiger partial charge in [-0.25, -0.2) is 0 Å². The number of carboxylic acids is 1. The van der Waals surface area contributed by atoms with Gasteiger partial charge in [0.15, 0.2) is 0 Å². The zero-order valence-corrected chi connectivity index (χ0v) is 25.6. The molecule has 0 aliphatic carbocycles. The average molecular weight is 566 g/mol. The van der Waals surface area contributed by atoms with Crippen LogP contribution in [0.3, 0.4) is 0 Å². The molecule has 3 amide bonds. The lowest BCUT2D eigenvalue weighted by molar-refractivity contribution is -0.143. The van der Waals surface area contributed by atoms with E-state index in [2.05, 4.69) is 10.6 Å². The highest BCUT2D eigenvalue weighted by molar-refractivity contribution is 5.94. The van der Waals surface area contributed by atoms with Crippen LogP contribution in [0.2, 0.25) is 0 Å². The van der Waals surface area contributed by atoms with Crippen molar-refractivity contribution < 1.29 is 24.3 Å². The van der Waals surface area contributed by atoms with E-state index in [4.69, 9.17) is 0 Å². The summed E-state index contributed by atoms with van der Waals surface area (Å²) in [4.78, 5) is 51.8. The molecule has 224 valence electrons. The lowest BCUT2D eigenvalue weighted by Crippen LogP contribution is -2.54. The van der Waals surface area contributed by atoms with E-state index in [0.717, 1.165) is 29.5 Å². The number of hydrogen-bond donors (Lipinski definition) is 3. The molecule has 8 nitrogen and oxygen atoms in total. The largest absolute Gasteiger partial charge is 0.481 e. The number of rotatable bonds is 14. The Bertz CT molecular complexity index is 1170. The maximum absolute atomic E-state index is 13.5. The van der Waals surface area contributed by atoms with Gasteiger partial charge in [-0.05, 0) is 59.9 Å². The molecule has 3 atom stereocenters. The number of likely N-dealkylation sites (N-methyl/N-ethyl adjacent to an activating group) is 1. The van der Waals surface area contributed by atoms with Gasteiger partial charge >= 0.3 is 5.97 Å². The van der Waals surface area contributed by atoms with Gasteiger partial charge in [0.25, 0.3) is 5.91 Å². The maximum Gasteiger partial charge on any atom is 0.306 e. The Kier molecular flexibility index (Phi) is 12.6. The van der Waals surface area contributed by atoms with E-state index in [-0.39, 0.29) is 24.1 Å². The van der Waals surface area contributed by atoms with Gasteiger partial charge in [0, 0.05) is 32.6 Å². The topological polar surface area (TPSA) is 116 Å². The van der Waals surface area contributed by atoms with Crippen LogP contribution < -0.4 is 10.6 Å². The van der Waals surface area contributed by atoms with Gasteiger partial charge in [-0.3, -0.25) is 19.2 Å². The quantitative estimate of drug-likeness (QED) is 0.293. The molecule has 0 saturated heterocycles. The average Bonchev–Trinajstić information content (AvgIpc) is 2.94. The van der Waals surface area contributed by atoms with Gasteiger partial charge in [-0.1, -0.05) is 76.9 Å². The van der Waals surface area contributed by atoms with Crippen molar-refractivity contribution in [1.29, 1.82) is 0 Å². The number of hydrogen-bond acceptors (Lipinski definition) is 4. The number of carbonyl (C=O) groups excluding carboxylic acids is 3. The minimum Gasteiger partial charge on any atom is -0.481 e. The number of nitrogens with one attached hydrogen (secondary N) is 2. The Morgan fingerprint density at radius 1 is 0.854 bits per heavy atom. The number of carbonyl (C=O) groups is 4. The van der Waals surface area contributed by atoms with Gasteiger partial charge in [-0.2, -0.15) is 0 Å². The molecule has 0 bridgehead atoms. The minimum atomic E-state index is -0.891. The monoisotopic (exact) mass is 565 g/mol. The summed E-state index contributed by atoms with van der Waals surface area (Å²) in [5, 5.41) is 15.4. The molecule has 0 unspecified atom stereocenters. The molecule has 2 aromatic rings. The Hall–Kier alpha value is -3.68. The maximum atomic E-state index is 13.5. The second-order valence-corrected chi connectivity index (χ2v) is 12.0. The van der Waals surface area contributed by atoms with Gasteiger partial charge in [0.2, 0.25) is 11.8 Å². The van der Waals surface area contributed by atoms with Gasteiger partial charge < -0.3 is 20.6 Å². The summed E-state index contributed by atoms with van der Waals surface area (Å²) in [5.74, 6) is -2.68. The van der Waals surface area contributed by atoms with Crippen LogP contribution in [0.15, 0.2) is 48.5 Å². The Morgan fingerprint density at radius 3 is 1.88 bits per heavy atom. The molecular weight excluding hydrogens is 518 g/mol. The van der Waals surface area contributed by atoms with E-state index in [1.165, 1.54) is 7.05 Å². The molecular formula is C33H47N3O5. The number of nitrogens with zero attached hydrogens (tertiary/aromatic N) is 1. The normalized spacial score (nSPS) is 13.5. The van der Waals surface area contributed by atoms with Crippen molar-refractivity contribution in [2.24, 2.45) is 17.3 Å². The Balaban J connectivity index is 2.21. The van der Waals surface area contributed by atoms with Crippen LogP contribution in [0.25, 0.3) is 11.1 Å². The first-order valence-corrected chi connectivity index (χ1v) is 14.4. The summed E-state index contributed by atoms with van der Waals surface area (Å²) in [6.45, 7) is 7.68. The number of unbranched alkanes of at least 4 members (excludes halogenated alkanes) is 1. The van der Waals surface area contributed by atoms with Crippen molar-refractivity contribution in [3.63, 3.8) is 0 Å². The summed E-state index contributed by atoms with van der Waals surface area (Å²) < 4.78 is 0. The second-order valence-electron chi connectivity index (χ2n) is 12.0. The van der Waals surface area contributed by atoms with E-state index in [1.54, 1.807) is 19.0 Å². The molecule has 0 aliphatic heterocycles. The standard InChI is InChI=1S/C33H47N3O5/c1-8-9-10-27(32(40)41)21-26(29(37)35-28(30(38)34-5)33(2,3)4)16-13-22-11-14-23(15-12-22)24-17-19-25(20-18-24)31(39)36(6)7/h11-12,14-15,17-20,26-28H,8-10,13,16,21H2,1-7H3,(H,34,38)(H,35,37)(H,40,41)/t26-,27-,28+/m0/s1. The van der Waals surface area contributed by atoms with E-state index in [1.807, 2.05) is 76.2 Å². The third-order valence-corrected chi connectivity index (χ3v) is 7.46. The number of benzene rings is 2. The molecule has 0 heterocycles. The fourth-order valence-electron chi connectivity index (χ4n) is 4.84. The number of carboxylic acid groups (broad SMARTS) is 1. The van der Waals surface area contributed by atoms with Crippen LogP contribution in [0, 0.1) is 17.3 Å². The first kappa shape index (κ1) is 33.5. The third-order valence-electron chi connectivity index (χ3n) is 7.46. The fourth-order valence-corrected chi connectivity index (χ4v) is 4.84. The van der Waals surface area contributed by atoms with Crippen molar-refractivity contribution in [2.75, 3.05) is 21.1 Å². The van der Waals surface area contributed by atoms with Crippen LogP contribution in [-0.2, 0) is 20.8 Å². The highest BCUT2D eigenvalue weighted by Gasteiger charge is 2.35. The summed E-state index contributed by atoms with van der Waals surface area (Å²) in [6, 6.07) is 14.8. The first-order chi connectivity index (χ1) is 19.3.